The van der Waals surface area contributed by atoms with Gasteiger partial charge in [0.25, 0.3) is 0 Å². The van der Waals surface area contributed by atoms with Crippen LogP contribution >= 0.6 is 22.9 Å². The van der Waals surface area contributed by atoms with E-state index >= 15 is 0 Å². The van der Waals surface area contributed by atoms with Gasteiger partial charge in [0, 0.05) is 52.6 Å². The molecule has 5 nitrogen and oxygen atoms in total. The van der Waals surface area contributed by atoms with E-state index in [4.69, 9.17) is 11.6 Å². The molecular formula is C22H22ClF3N4OS. The summed E-state index contributed by atoms with van der Waals surface area (Å²) >= 11 is 7.60. The second-order valence-corrected chi connectivity index (χ2v) is 9.32. The highest BCUT2D eigenvalue weighted by Crippen LogP contribution is 2.35. The molecule has 0 unspecified atom stereocenters. The highest BCUT2D eigenvalue weighted by Gasteiger charge is 2.34. The summed E-state index contributed by atoms with van der Waals surface area (Å²) in [7, 11) is 0. The Kier molecular flexibility index (Phi) is 6.85. The molecule has 2 aromatic heterocycles. The maximum atomic E-state index is 13.3. The Hall–Kier alpha value is -2.39. The largest absolute Gasteiger partial charge is 0.433 e. The number of carbonyl (C=O) groups excluding carboxylic acids is 1. The SMILES string of the molecule is O=C(CCc1nccs1)N[C@H]1CC[C@@H](Nc2cc(C(F)(F)F)nc3ccc(Cl)cc23)CC1. The van der Waals surface area contributed by atoms with Crippen molar-refractivity contribution in [3.05, 3.63) is 51.6 Å². The van der Waals surface area contributed by atoms with Crippen LogP contribution in [0, 0.1) is 0 Å². The predicted molar refractivity (Wildman–Crippen MR) is 120 cm³/mol. The highest BCUT2D eigenvalue weighted by atomic mass is 35.5. The fraction of sp³-hybridized carbons (Fsp3) is 0.409. The van der Waals surface area contributed by atoms with E-state index in [1.54, 1.807) is 12.3 Å². The van der Waals surface area contributed by atoms with Crippen LogP contribution in [0.5, 0.6) is 0 Å². The summed E-state index contributed by atoms with van der Waals surface area (Å²) in [6, 6.07) is 5.78. The molecule has 32 heavy (non-hydrogen) atoms. The zero-order valence-electron chi connectivity index (χ0n) is 17.1. The van der Waals surface area contributed by atoms with Crippen molar-refractivity contribution in [2.75, 3.05) is 5.32 Å². The third-order valence-electron chi connectivity index (χ3n) is 5.56. The molecule has 0 radical (unpaired) electrons. The number of anilines is 1. The van der Waals surface area contributed by atoms with Gasteiger partial charge in [-0.25, -0.2) is 9.97 Å². The number of amides is 1. The van der Waals surface area contributed by atoms with Gasteiger partial charge >= 0.3 is 6.18 Å². The zero-order valence-corrected chi connectivity index (χ0v) is 18.7. The van der Waals surface area contributed by atoms with Crippen molar-refractivity contribution in [1.82, 2.24) is 15.3 Å². The third-order valence-corrected chi connectivity index (χ3v) is 6.64. The van der Waals surface area contributed by atoms with Crippen LogP contribution in [-0.4, -0.2) is 28.0 Å². The van der Waals surface area contributed by atoms with Crippen molar-refractivity contribution >= 4 is 45.4 Å². The minimum atomic E-state index is -4.54. The molecule has 2 heterocycles. The molecule has 1 saturated carbocycles. The smallest absolute Gasteiger partial charge is 0.382 e. The zero-order chi connectivity index (χ0) is 22.7. The van der Waals surface area contributed by atoms with E-state index in [0.29, 0.717) is 28.9 Å². The molecule has 170 valence electrons. The summed E-state index contributed by atoms with van der Waals surface area (Å²) in [6.45, 7) is 0. The lowest BCUT2D eigenvalue weighted by molar-refractivity contribution is -0.140. The Morgan fingerprint density at radius 3 is 2.59 bits per heavy atom. The molecule has 4 rings (SSSR count). The molecule has 1 fully saturated rings. The van der Waals surface area contributed by atoms with Gasteiger partial charge in [0.1, 0.15) is 5.69 Å². The van der Waals surface area contributed by atoms with E-state index in [0.717, 1.165) is 36.8 Å². The van der Waals surface area contributed by atoms with E-state index in [1.807, 2.05) is 5.38 Å². The topological polar surface area (TPSA) is 66.9 Å². The minimum absolute atomic E-state index is 0.00111. The van der Waals surface area contributed by atoms with Crippen LogP contribution in [-0.2, 0) is 17.4 Å². The second kappa shape index (κ2) is 9.62. The average molecular weight is 483 g/mol. The van der Waals surface area contributed by atoms with Crippen LogP contribution in [0.3, 0.4) is 0 Å². The number of fused-ring (bicyclic) bond motifs is 1. The van der Waals surface area contributed by atoms with Crippen LogP contribution in [0.4, 0.5) is 18.9 Å². The second-order valence-electron chi connectivity index (χ2n) is 7.90. The number of hydrogen-bond donors (Lipinski definition) is 2. The van der Waals surface area contributed by atoms with E-state index < -0.39 is 11.9 Å². The molecule has 0 spiro atoms. The Morgan fingerprint density at radius 2 is 1.91 bits per heavy atom. The monoisotopic (exact) mass is 482 g/mol. The van der Waals surface area contributed by atoms with Gasteiger partial charge in [-0.2, -0.15) is 13.2 Å². The molecular weight excluding hydrogens is 461 g/mol. The van der Waals surface area contributed by atoms with Crippen molar-refractivity contribution in [1.29, 1.82) is 0 Å². The number of aryl methyl sites for hydroxylation is 1. The first-order chi connectivity index (χ1) is 15.3. The van der Waals surface area contributed by atoms with Gasteiger partial charge in [0.2, 0.25) is 5.91 Å². The molecule has 0 aliphatic heterocycles. The van der Waals surface area contributed by atoms with Gasteiger partial charge in [-0.15, -0.1) is 11.3 Å². The molecule has 0 atom stereocenters. The van der Waals surface area contributed by atoms with Crippen LogP contribution < -0.4 is 10.6 Å². The number of carbonyl (C=O) groups is 1. The number of halogens is 4. The van der Waals surface area contributed by atoms with Gasteiger partial charge < -0.3 is 10.6 Å². The number of aromatic nitrogens is 2. The molecule has 1 amide bonds. The lowest BCUT2D eigenvalue weighted by Crippen LogP contribution is -2.40. The van der Waals surface area contributed by atoms with Crippen LogP contribution in [0.15, 0.2) is 35.8 Å². The first kappa shape index (κ1) is 22.8. The standard InChI is InChI=1S/C22H22ClF3N4OS/c23-13-1-6-17-16(11-13)18(12-19(30-17)22(24,25)26)28-14-2-4-15(5-3-14)29-20(31)7-8-21-27-9-10-32-21/h1,6,9-12,14-15H,2-5,7-8H2,(H,28,30)(H,29,31)/t14-,15+. The Balaban J connectivity index is 1.37. The lowest BCUT2D eigenvalue weighted by Gasteiger charge is -2.30. The first-order valence-electron chi connectivity index (χ1n) is 10.4. The molecule has 2 N–H and O–H groups in total. The van der Waals surface area contributed by atoms with Crippen LogP contribution in [0.2, 0.25) is 5.02 Å². The maximum absolute atomic E-state index is 13.3. The number of alkyl halides is 3. The molecule has 0 saturated heterocycles. The third kappa shape index (κ3) is 5.69. The quantitative estimate of drug-likeness (QED) is 0.463. The predicted octanol–water partition coefficient (Wildman–Crippen LogP) is 5.84. The summed E-state index contributed by atoms with van der Waals surface area (Å²) in [5.41, 5.74) is -0.315. The summed E-state index contributed by atoms with van der Waals surface area (Å²) < 4.78 is 40.0. The fourth-order valence-electron chi connectivity index (χ4n) is 3.96. The lowest BCUT2D eigenvalue weighted by atomic mass is 9.90. The Bertz CT molecular complexity index is 1080. The Morgan fingerprint density at radius 1 is 1.16 bits per heavy atom. The molecule has 10 heteroatoms. The van der Waals surface area contributed by atoms with Gasteiger partial charge in [0.05, 0.1) is 10.5 Å². The average Bonchev–Trinajstić information content (AvgIpc) is 3.27. The van der Waals surface area contributed by atoms with Crippen molar-refractivity contribution in [2.24, 2.45) is 0 Å². The molecule has 1 aliphatic carbocycles. The van der Waals surface area contributed by atoms with E-state index in [-0.39, 0.29) is 23.5 Å². The van der Waals surface area contributed by atoms with E-state index in [9.17, 15) is 18.0 Å². The fourth-order valence-corrected chi connectivity index (χ4v) is 4.75. The van der Waals surface area contributed by atoms with Crippen LogP contribution in [0.1, 0.15) is 42.8 Å². The van der Waals surface area contributed by atoms with Crippen molar-refractivity contribution in [3.63, 3.8) is 0 Å². The van der Waals surface area contributed by atoms with E-state index in [1.165, 1.54) is 23.5 Å². The molecule has 0 bridgehead atoms. The maximum Gasteiger partial charge on any atom is 0.433 e. The number of benzene rings is 1. The van der Waals surface area contributed by atoms with Gasteiger partial charge in [-0.05, 0) is 49.9 Å². The number of rotatable bonds is 6. The summed E-state index contributed by atoms with van der Waals surface area (Å²) in [4.78, 5) is 20.1. The van der Waals surface area contributed by atoms with E-state index in [2.05, 4.69) is 20.6 Å². The van der Waals surface area contributed by atoms with Gasteiger partial charge in [-0.1, -0.05) is 11.6 Å². The van der Waals surface area contributed by atoms with Crippen molar-refractivity contribution < 1.29 is 18.0 Å². The summed E-state index contributed by atoms with van der Waals surface area (Å²) in [6.07, 6.45) is 1.21. The number of hydrogen-bond acceptors (Lipinski definition) is 5. The molecule has 1 aliphatic rings. The minimum Gasteiger partial charge on any atom is -0.382 e. The number of nitrogens with zero attached hydrogens (tertiary/aromatic N) is 2. The van der Waals surface area contributed by atoms with Crippen molar-refractivity contribution in [2.45, 2.75) is 56.8 Å². The first-order valence-corrected chi connectivity index (χ1v) is 11.7. The van der Waals surface area contributed by atoms with Gasteiger partial charge in [-0.3, -0.25) is 4.79 Å². The highest BCUT2D eigenvalue weighted by molar-refractivity contribution is 7.09. The molecule has 1 aromatic carbocycles. The van der Waals surface area contributed by atoms with Crippen LogP contribution in [0.25, 0.3) is 10.9 Å². The number of pyridine rings is 1. The summed E-state index contributed by atoms with van der Waals surface area (Å²) in [5.74, 6) is 0.00111. The number of nitrogens with one attached hydrogen (secondary N) is 2. The number of thiazole rings is 1. The molecule has 3 aromatic rings. The normalized spacial score (nSPS) is 19.1. The summed E-state index contributed by atoms with van der Waals surface area (Å²) in [5, 5.41) is 10.2. The van der Waals surface area contributed by atoms with Crippen molar-refractivity contribution in [3.8, 4) is 0 Å². The van der Waals surface area contributed by atoms with Gasteiger partial charge in [0.15, 0.2) is 0 Å². The Labute approximate surface area is 192 Å².